The molecule has 118 valence electrons. The molecule has 3 heteroatoms. The first kappa shape index (κ1) is 16.3. The highest BCUT2D eigenvalue weighted by atomic mass is 16.5. The molecule has 20 heavy (non-hydrogen) atoms. The first-order valence-corrected chi connectivity index (χ1v) is 8.76. The van der Waals surface area contributed by atoms with Crippen LogP contribution in [0, 0.1) is 11.3 Å². The maximum Gasteiger partial charge on any atom is 0.0623 e. The summed E-state index contributed by atoms with van der Waals surface area (Å²) in [6.45, 7) is 13.8. The van der Waals surface area contributed by atoms with Crippen molar-refractivity contribution in [3.8, 4) is 0 Å². The molecule has 2 fully saturated rings. The second kappa shape index (κ2) is 7.77. The number of piperidine rings is 1. The predicted octanol–water partition coefficient (Wildman–Crippen LogP) is 2.90. The van der Waals surface area contributed by atoms with Crippen molar-refractivity contribution in [2.45, 2.75) is 58.9 Å². The minimum Gasteiger partial charge on any atom is -0.379 e. The molecule has 2 saturated heterocycles. The molecule has 0 aliphatic carbocycles. The molecule has 0 radical (unpaired) electrons. The van der Waals surface area contributed by atoms with Gasteiger partial charge in [-0.25, -0.2) is 0 Å². The minimum atomic E-state index is 0.582. The molecule has 2 unspecified atom stereocenters. The zero-order chi connectivity index (χ0) is 14.4. The van der Waals surface area contributed by atoms with Crippen molar-refractivity contribution < 1.29 is 4.74 Å². The van der Waals surface area contributed by atoms with E-state index in [9.17, 15) is 0 Å². The summed E-state index contributed by atoms with van der Waals surface area (Å²) in [4.78, 5) is 2.68. The second-order valence-electron chi connectivity index (χ2n) is 6.87. The van der Waals surface area contributed by atoms with E-state index in [2.05, 4.69) is 31.0 Å². The third kappa shape index (κ3) is 3.96. The van der Waals surface area contributed by atoms with Crippen molar-refractivity contribution in [2.24, 2.45) is 11.3 Å². The van der Waals surface area contributed by atoms with Crippen LogP contribution in [0.15, 0.2) is 0 Å². The number of nitrogens with zero attached hydrogens (tertiary/aromatic N) is 1. The van der Waals surface area contributed by atoms with Gasteiger partial charge in [-0.1, -0.05) is 33.6 Å². The fourth-order valence-electron chi connectivity index (χ4n) is 3.83. The molecule has 2 heterocycles. The first-order chi connectivity index (χ1) is 9.73. The molecule has 0 bridgehead atoms. The van der Waals surface area contributed by atoms with Crippen molar-refractivity contribution in [1.82, 2.24) is 10.2 Å². The summed E-state index contributed by atoms with van der Waals surface area (Å²) in [5.74, 6) is 0.692. The summed E-state index contributed by atoms with van der Waals surface area (Å²) >= 11 is 0. The van der Waals surface area contributed by atoms with Crippen LogP contribution in [0.25, 0.3) is 0 Å². The summed E-state index contributed by atoms with van der Waals surface area (Å²) in [5, 5.41) is 3.66. The molecule has 0 aromatic rings. The highest BCUT2D eigenvalue weighted by molar-refractivity contribution is 4.88. The van der Waals surface area contributed by atoms with Crippen LogP contribution in [0.4, 0.5) is 0 Å². The van der Waals surface area contributed by atoms with Crippen LogP contribution in [0.3, 0.4) is 0 Å². The molecular formula is C17H34N2O. The van der Waals surface area contributed by atoms with Crippen LogP contribution in [0.1, 0.15) is 52.9 Å². The minimum absolute atomic E-state index is 0.582. The van der Waals surface area contributed by atoms with E-state index in [1.807, 2.05) is 0 Å². The van der Waals surface area contributed by atoms with E-state index in [4.69, 9.17) is 4.74 Å². The van der Waals surface area contributed by atoms with E-state index in [1.54, 1.807) is 0 Å². The SMILES string of the molecule is CCCNC1COCC1CN1CCC(CC)(CC)CC1. The molecule has 0 amide bonds. The smallest absolute Gasteiger partial charge is 0.0623 e. The third-order valence-corrected chi connectivity index (χ3v) is 5.76. The Morgan fingerprint density at radius 3 is 2.40 bits per heavy atom. The first-order valence-electron chi connectivity index (χ1n) is 8.76. The Morgan fingerprint density at radius 1 is 1.10 bits per heavy atom. The standard InChI is InChI=1S/C17H34N2O/c1-4-9-18-16-14-20-13-15(16)12-19-10-7-17(5-2,6-3)8-11-19/h15-16,18H,4-14H2,1-3H3. The molecule has 0 spiro atoms. The molecule has 2 atom stereocenters. The van der Waals surface area contributed by atoms with Gasteiger partial charge in [-0.2, -0.15) is 0 Å². The lowest BCUT2D eigenvalue weighted by atomic mass is 9.74. The molecular weight excluding hydrogens is 248 g/mol. The normalized spacial score (nSPS) is 30.8. The highest BCUT2D eigenvalue weighted by Crippen LogP contribution is 2.38. The zero-order valence-corrected chi connectivity index (χ0v) is 13.8. The van der Waals surface area contributed by atoms with E-state index < -0.39 is 0 Å². The molecule has 1 N–H and O–H groups in total. The van der Waals surface area contributed by atoms with Gasteiger partial charge < -0.3 is 15.0 Å². The molecule has 0 aromatic heterocycles. The zero-order valence-electron chi connectivity index (χ0n) is 13.8. The van der Waals surface area contributed by atoms with Crippen LogP contribution >= 0.6 is 0 Å². The number of likely N-dealkylation sites (tertiary alicyclic amines) is 1. The summed E-state index contributed by atoms with van der Waals surface area (Å²) in [7, 11) is 0. The van der Waals surface area contributed by atoms with Gasteiger partial charge in [0, 0.05) is 18.5 Å². The predicted molar refractivity (Wildman–Crippen MR) is 85.1 cm³/mol. The van der Waals surface area contributed by atoms with Crippen molar-refractivity contribution in [3.05, 3.63) is 0 Å². The maximum absolute atomic E-state index is 5.70. The lowest BCUT2D eigenvalue weighted by Crippen LogP contribution is -2.46. The third-order valence-electron chi connectivity index (χ3n) is 5.76. The molecule has 0 aromatic carbocycles. The monoisotopic (exact) mass is 282 g/mol. The maximum atomic E-state index is 5.70. The molecule has 2 aliphatic rings. The van der Waals surface area contributed by atoms with Crippen molar-refractivity contribution in [3.63, 3.8) is 0 Å². The van der Waals surface area contributed by atoms with E-state index in [0.29, 0.717) is 17.4 Å². The van der Waals surface area contributed by atoms with Crippen LogP contribution in [-0.2, 0) is 4.74 Å². The fraction of sp³-hybridized carbons (Fsp3) is 1.00. The lowest BCUT2D eigenvalue weighted by molar-refractivity contribution is 0.0794. The fourth-order valence-corrected chi connectivity index (χ4v) is 3.83. The molecule has 2 aliphatic heterocycles. The van der Waals surface area contributed by atoms with E-state index in [1.165, 1.54) is 51.7 Å². The van der Waals surface area contributed by atoms with Crippen molar-refractivity contribution >= 4 is 0 Å². The summed E-state index contributed by atoms with van der Waals surface area (Å²) in [5.41, 5.74) is 0.641. The molecule has 3 nitrogen and oxygen atoms in total. The van der Waals surface area contributed by atoms with Crippen molar-refractivity contribution in [1.29, 1.82) is 0 Å². The van der Waals surface area contributed by atoms with Gasteiger partial charge in [0.2, 0.25) is 0 Å². The van der Waals surface area contributed by atoms with Gasteiger partial charge in [0.25, 0.3) is 0 Å². The van der Waals surface area contributed by atoms with Gasteiger partial charge in [-0.15, -0.1) is 0 Å². The van der Waals surface area contributed by atoms with Crippen LogP contribution in [0.2, 0.25) is 0 Å². The van der Waals surface area contributed by atoms with E-state index in [0.717, 1.165) is 19.8 Å². The molecule has 0 saturated carbocycles. The number of ether oxygens (including phenoxy) is 1. The Labute approximate surface area is 125 Å². The van der Waals surface area contributed by atoms with Crippen molar-refractivity contribution in [2.75, 3.05) is 39.4 Å². The Hall–Kier alpha value is -0.120. The highest BCUT2D eigenvalue weighted by Gasteiger charge is 2.34. The average Bonchev–Trinajstić information content (AvgIpc) is 2.93. The number of rotatable bonds is 7. The lowest BCUT2D eigenvalue weighted by Gasteiger charge is -2.42. The van der Waals surface area contributed by atoms with Gasteiger partial charge in [0.15, 0.2) is 0 Å². The number of hydrogen-bond acceptors (Lipinski definition) is 3. The quantitative estimate of drug-likeness (QED) is 0.777. The number of hydrogen-bond donors (Lipinski definition) is 1. The van der Waals surface area contributed by atoms with Gasteiger partial charge >= 0.3 is 0 Å². The van der Waals surface area contributed by atoms with Gasteiger partial charge in [-0.05, 0) is 44.3 Å². The summed E-state index contributed by atoms with van der Waals surface area (Å²) < 4.78 is 5.70. The van der Waals surface area contributed by atoms with Gasteiger partial charge in [-0.3, -0.25) is 0 Å². The van der Waals surface area contributed by atoms with Crippen LogP contribution in [-0.4, -0.2) is 50.3 Å². The largest absolute Gasteiger partial charge is 0.379 e. The van der Waals surface area contributed by atoms with Crippen LogP contribution in [0.5, 0.6) is 0 Å². The van der Waals surface area contributed by atoms with Gasteiger partial charge in [0.05, 0.1) is 13.2 Å². The summed E-state index contributed by atoms with van der Waals surface area (Å²) in [6.07, 6.45) is 6.69. The van der Waals surface area contributed by atoms with Crippen LogP contribution < -0.4 is 5.32 Å². The Kier molecular flexibility index (Phi) is 6.31. The molecule has 2 rings (SSSR count). The Balaban J connectivity index is 1.77. The van der Waals surface area contributed by atoms with Gasteiger partial charge in [0.1, 0.15) is 0 Å². The topological polar surface area (TPSA) is 24.5 Å². The average molecular weight is 282 g/mol. The van der Waals surface area contributed by atoms with E-state index in [-0.39, 0.29) is 0 Å². The number of nitrogens with one attached hydrogen (secondary N) is 1. The summed E-state index contributed by atoms with van der Waals surface area (Å²) in [6, 6.07) is 0.582. The van der Waals surface area contributed by atoms with E-state index >= 15 is 0 Å². The second-order valence-corrected chi connectivity index (χ2v) is 6.87. The Morgan fingerprint density at radius 2 is 1.80 bits per heavy atom. The Bertz CT molecular complexity index is 268.